The summed E-state index contributed by atoms with van der Waals surface area (Å²) < 4.78 is 6.02. The van der Waals surface area contributed by atoms with Crippen LogP contribution in [-0.2, 0) is 9.53 Å². The number of carbonyl (C=O) groups is 1. The van der Waals surface area contributed by atoms with Gasteiger partial charge in [0.15, 0.2) is 0 Å². The van der Waals surface area contributed by atoms with E-state index in [2.05, 4.69) is 18.9 Å². The maximum atomic E-state index is 12.7. The van der Waals surface area contributed by atoms with Crippen LogP contribution in [0.2, 0.25) is 0 Å². The van der Waals surface area contributed by atoms with Crippen LogP contribution in [0.1, 0.15) is 116 Å². The number of piperidine rings is 1. The third-order valence-corrected chi connectivity index (χ3v) is 6.40. The first kappa shape index (κ1) is 26.4. The Morgan fingerprint density at radius 3 is 1.86 bits per heavy atom. The Balaban J connectivity index is 2.28. The summed E-state index contributed by atoms with van der Waals surface area (Å²) in [6.45, 7) is 4.59. The summed E-state index contributed by atoms with van der Waals surface area (Å²) in [4.78, 5) is 15.0. The van der Waals surface area contributed by atoms with E-state index in [1.807, 2.05) is 0 Å². The molecular weight excluding hydrogens is 362 g/mol. The number of nitrogens with zero attached hydrogens (tertiary/aromatic N) is 1. The van der Waals surface area contributed by atoms with Crippen LogP contribution >= 0.6 is 0 Å². The van der Waals surface area contributed by atoms with E-state index in [1.165, 1.54) is 64.2 Å². The fraction of sp³-hybridized carbons (Fsp3) is 0.960. The lowest BCUT2D eigenvalue weighted by molar-refractivity contribution is -0.156. The van der Waals surface area contributed by atoms with Gasteiger partial charge in [-0.2, -0.15) is 0 Å². The van der Waals surface area contributed by atoms with E-state index in [-0.39, 0.29) is 18.0 Å². The first-order valence-electron chi connectivity index (χ1n) is 12.7. The zero-order chi connectivity index (χ0) is 21.2. The van der Waals surface area contributed by atoms with E-state index in [0.717, 1.165) is 58.0 Å². The van der Waals surface area contributed by atoms with Gasteiger partial charge in [-0.3, -0.25) is 4.79 Å². The number of hydrogen-bond acceptors (Lipinski definition) is 4. The van der Waals surface area contributed by atoms with Crippen molar-refractivity contribution in [2.45, 2.75) is 122 Å². The molecule has 1 unspecified atom stereocenters. The van der Waals surface area contributed by atoms with Gasteiger partial charge in [-0.25, -0.2) is 0 Å². The lowest BCUT2D eigenvalue weighted by Crippen LogP contribution is -2.35. The molecule has 0 aromatic rings. The second kappa shape index (κ2) is 18.2. The third-order valence-electron chi connectivity index (χ3n) is 6.40. The topological polar surface area (TPSA) is 49.8 Å². The van der Waals surface area contributed by atoms with Crippen molar-refractivity contribution in [1.82, 2.24) is 4.90 Å². The summed E-state index contributed by atoms with van der Waals surface area (Å²) in [6, 6.07) is 0. The quantitative estimate of drug-likeness (QED) is 0.218. The molecule has 1 fully saturated rings. The zero-order valence-corrected chi connectivity index (χ0v) is 19.5. The molecule has 1 N–H and O–H groups in total. The lowest BCUT2D eigenvalue weighted by atomic mass is 9.97. The summed E-state index contributed by atoms with van der Waals surface area (Å²) in [5, 5.41) is 8.86. The van der Waals surface area contributed by atoms with Gasteiger partial charge in [0.1, 0.15) is 6.10 Å². The average Bonchev–Trinajstić information content (AvgIpc) is 2.72. The highest BCUT2D eigenvalue weighted by Gasteiger charge is 2.26. The summed E-state index contributed by atoms with van der Waals surface area (Å²) in [5.74, 6) is 0.176. The van der Waals surface area contributed by atoms with E-state index < -0.39 is 0 Å². The molecule has 1 aliphatic heterocycles. The van der Waals surface area contributed by atoms with Crippen molar-refractivity contribution in [1.29, 1.82) is 0 Å². The standard InChI is InChI=1S/C25H49NO3/c1-3-4-5-6-7-10-13-16-24(17-14-11-8-9-12-15-22-27)29-25(28)23-18-20-26(2)21-19-23/h23-24,27H,3-22H2,1-2H3. The van der Waals surface area contributed by atoms with Crippen molar-refractivity contribution in [3.63, 3.8) is 0 Å². The fourth-order valence-corrected chi connectivity index (χ4v) is 4.29. The van der Waals surface area contributed by atoms with Crippen LogP contribution in [-0.4, -0.2) is 48.8 Å². The molecule has 172 valence electrons. The second-order valence-corrected chi connectivity index (χ2v) is 9.18. The van der Waals surface area contributed by atoms with Gasteiger partial charge in [0.25, 0.3) is 0 Å². The Morgan fingerprint density at radius 2 is 1.34 bits per heavy atom. The first-order valence-corrected chi connectivity index (χ1v) is 12.7. The minimum Gasteiger partial charge on any atom is -0.462 e. The van der Waals surface area contributed by atoms with Crippen LogP contribution in [0.25, 0.3) is 0 Å². The molecule has 0 aliphatic carbocycles. The normalized spacial score (nSPS) is 16.8. The van der Waals surface area contributed by atoms with Crippen LogP contribution < -0.4 is 0 Å². The SMILES string of the molecule is CCCCCCCCCC(CCCCCCCCO)OC(=O)C1CCN(C)CC1. The van der Waals surface area contributed by atoms with E-state index in [9.17, 15) is 4.79 Å². The summed E-state index contributed by atoms with van der Waals surface area (Å²) in [6.07, 6.45) is 20.1. The van der Waals surface area contributed by atoms with Gasteiger partial charge in [-0.15, -0.1) is 0 Å². The molecule has 1 aliphatic rings. The maximum Gasteiger partial charge on any atom is 0.309 e. The van der Waals surface area contributed by atoms with Gasteiger partial charge < -0.3 is 14.7 Å². The van der Waals surface area contributed by atoms with E-state index in [1.54, 1.807) is 0 Å². The Labute approximate surface area is 180 Å². The monoisotopic (exact) mass is 411 g/mol. The summed E-state index contributed by atoms with van der Waals surface area (Å²) >= 11 is 0. The largest absolute Gasteiger partial charge is 0.462 e. The van der Waals surface area contributed by atoms with Gasteiger partial charge in [-0.1, -0.05) is 71.1 Å². The first-order chi connectivity index (χ1) is 14.2. The molecule has 4 nitrogen and oxygen atoms in total. The predicted octanol–water partition coefficient (Wildman–Crippen LogP) is 6.10. The Kier molecular flexibility index (Phi) is 16.6. The van der Waals surface area contributed by atoms with Crippen molar-refractivity contribution in [3.8, 4) is 0 Å². The number of hydrogen-bond donors (Lipinski definition) is 1. The second-order valence-electron chi connectivity index (χ2n) is 9.18. The number of rotatable bonds is 18. The van der Waals surface area contributed by atoms with Crippen LogP contribution in [0.3, 0.4) is 0 Å². The van der Waals surface area contributed by atoms with Gasteiger partial charge in [0.05, 0.1) is 5.92 Å². The number of ether oxygens (including phenoxy) is 1. The van der Waals surface area contributed by atoms with E-state index in [0.29, 0.717) is 6.61 Å². The molecule has 0 bridgehead atoms. The molecule has 0 spiro atoms. The Morgan fingerprint density at radius 1 is 0.862 bits per heavy atom. The van der Waals surface area contributed by atoms with Crippen LogP contribution in [0.15, 0.2) is 0 Å². The molecule has 1 heterocycles. The molecule has 0 saturated carbocycles. The smallest absolute Gasteiger partial charge is 0.309 e. The summed E-state index contributed by atoms with van der Waals surface area (Å²) in [7, 11) is 2.13. The number of aliphatic hydroxyl groups excluding tert-OH is 1. The minimum atomic E-state index is 0.0639. The Bertz CT molecular complexity index is 362. The number of esters is 1. The fourth-order valence-electron chi connectivity index (χ4n) is 4.29. The van der Waals surface area contributed by atoms with Crippen molar-refractivity contribution in [2.24, 2.45) is 5.92 Å². The zero-order valence-electron chi connectivity index (χ0n) is 19.5. The molecule has 0 aromatic carbocycles. The molecule has 4 heteroatoms. The predicted molar refractivity (Wildman–Crippen MR) is 122 cm³/mol. The summed E-state index contributed by atoms with van der Waals surface area (Å²) in [5.41, 5.74) is 0. The van der Waals surface area contributed by atoms with Gasteiger partial charge in [-0.05, 0) is 65.1 Å². The molecule has 1 atom stereocenters. The van der Waals surface area contributed by atoms with E-state index in [4.69, 9.17) is 9.84 Å². The van der Waals surface area contributed by atoms with Gasteiger partial charge in [0, 0.05) is 6.61 Å². The average molecular weight is 412 g/mol. The highest BCUT2D eigenvalue weighted by Crippen LogP contribution is 2.22. The molecule has 29 heavy (non-hydrogen) atoms. The highest BCUT2D eigenvalue weighted by atomic mass is 16.5. The van der Waals surface area contributed by atoms with Gasteiger partial charge >= 0.3 is 5.97 Å². The van der Waals surface area contributed by atoms with Crippen LogP contribution in [0.4, 0.5) is 0 Å². The number of aliphatic hydroxyl groups is 1. The Hall–Kier alpha value is -0.610. The van der Waals surface area contributed by atoms with Crippen LogP contribution in [0.5, 0.6) is 0 Å². The highest BCUT2D eigenvalue weighted by molar-refractivity contribution is 5.72. The lowest BCUT2D eigenvalue weighted by Gasteiger charge is -2.29. The third kappa shape index (κ3) is 14.1. The number of unbranched alkanes of at least 4 members (excludes halogenated alkanes) is 11. The van der Waals surface area contributed by atoms with Crippen molar-refractivity contribution in [2.75, 3.05) is 26.7 Å². The molecule has 0 aromatic heterocycles. The van der Waals surface area contributed by atoms with Crippen molar-refractivity contribution in [3.05, 3.63) is 0 Å². The number of carbonyl (C=O) groups excluding carboxylic acids is 1. The molecule has 0 radical (unpaired) electrons. The van der Waals surface area contributed by atoms with Crippen LogP contribution in [0, 0.1) is 5.92 Å². The number of likely N-dealkylation sites (tertiary alicyclic amines) is 1. The van der Waals surface area contributed by atoms with Crippen molar-refractivity contribution < 1.29 is 14.6 Å². The van der Waals surface area contributed by atoms with E-state index >= 15 is 0 Å². The van der Waals surface area contributed by atoms with Crippen molar-refractivity contribution >= 4 is 5.97 Å². The molecule has 0 amide bonds. The molecule has 1 rings (SSSR count). The van der Waals surface area contributed by atoms with Gasteiger partial charge in [0.2, 0.25) is 0 Å². The molecular formula is C25H49NO3. The molecule has 1 saturated heterocycles. The maximum absolute atomic E-state index is 12.7. The minimum absolute atomic E-state index is 0.0639.